The highest BCUT2D eigenvalue weighted by molar-refractivity contribution is 5.92. The Labute approximate surface area is 153 Å². The highest BCUT2D eigenvalue weighted by Crippen LogP contribution is 2.25. The first-order chi connectivity index (χ1) is 12.8. The first-order valence-corrected chi connectivity index (χ1v) is 8.63. The van der Waals surface area contributed by atoms with Crippen LogP contribution in [0, 0.1) is 0 Å². The van der Waals surface area contributed by atoms with Crippen LogP contribution in [0.15, 0.2) is 72.5 Å². The number of allylic oxidation sites excluding steroid dienone is 2. The normalized spacial score (nSPS) is 13.4. The van der Waals surface area contributed by atoms with Crippen molar-refractivity contribution in [1.29, 1.82) is 0 Å². The molecule has 5 heteroatoms. The molecule has 0 aromatic heterocycles. The molecule has 0 aliphatic carbocycles. The zero-order valence-corrected chi connectivity index (χ0v) is 14.4. The maximum atomic E-state index is 11.5. The van der Waals surface area contributed by atoms with Crippen molar-refractivity contribution in [2.45, 2.75) is 19.4 Å². The summed E-state index contributed by atoms with van der Waals surface area (Å²) in [6, 6.07) is 18.4. The molecule has 5 nitrogen and oxygen atoms in total. The summed E-state index contributed by atoms with van der Waals surface area (Å²) >= 11 is 0. The number of benzene rings is 2. The summed E-state index contributed by atoms with van der Waals surface area (Å²) in [6.45, 7) is 1.66. The van der Waals surface area contributed by atoms with Gasteiger partial charge in [-0.1, -0.05) is 48.5 Å². The second-order valence-corrected chi connectivity index (χ2v) is 6.03. The lowest BCUT2D eigenvalue weighted by Gasteiger charge is -2.16. The quantitative estimate of drug-likeness (QED) is 0.407. The Morgan fingerprint density at radius 1 is 1.04 bits per heavy atom. The van der Waals surface area contributed by atoms with E-state index in [4.69, 9.17) is 9.94 Å². The smallest absolute Gasteiger partial charge is 0.309 e. The Bertz CT molecular complexity index is 813. The van der Waals surface area contributed by atoms with Crippen LogP contribution in [-0.2, 0) is 22.5 Å². The first-order valence-electron chi connectivity index (χ1n) is 8.63. The molecule has 0 spiro atoms. The second-order valence-electron chi connectivity index (χ2n) is 6.03. The molecule has 0 fully saturated rings. The van der Waals surface area contributed by atoms with E-state index in [0.717, 1.165) is 30.6 Å². The Morgan fingerprint density at radius 3 is 2.65 bits per heavy atom. The summed E-state index contributed by atoms with van der Waals surface area (Å²) in [7, 11) is 0. The number of hydrogen-bond donors (Lipinski definition) is 3. The molecule has 134 valence electrons. The number of carbonyl (C=O) groups is 1. The fourth-order valence-corrected chi connectivity index (χ4v) is 2.79. The maximum Gasteiger partial charge on any atom is 0.309 e. The molecule has 26 heavy (non-hydrogen) atoms. The SMILES string of the molecule is O=C(NO)C1=CCC=C(c2cccc(CNCCc3ccccc3)c2)O1. The summed E-state index contributed by atoms with van der Waals surface area (Å²) in [5.41, 5.74) is 4.96. The fourth-order valence-electron chi connectivity index (χ4n) is 2.79. The molecule has 0 saturated heterocycles. The average Bonchev–Trinajstić information content (AvgIpc) is 2.72. The van der Waals surface area contributed by atoms with Gasteiger partial charge in [-0.05, 0) is 48.7 Å². The molecular weight excluding hydrogens is 328 g/mol. The number of ether oxygens (including phenoxy) is 1. The maximum absolute atomic E-state index is 11.5. The molecule has 0 unspecified atom stereocenters. The molecule has 0 atom stereocenters. The van der Waals surface area contributed by atoms with Crippen LogP contribution in [0.1, 0.15) is 23.1 Å². The second kappa shape index (κ2) is 8.99. The summed E-state index contributed by atoms with van der Waals surface area (Å²) in [6.07, 6.45) is 5.11. The van der Waals surface area contributed by atoms with Crippen molar-refractivity contribution >= 4 is 11.7 Å². The van der Waals surface area contributed by atoms with Crippen molar-refractivity contribution in [1.82, 2.24) is 10.8 Å². The van der Waals surface area contributed by atoms with Gasteiger partial charge in [0.15, 0.2) is 5.76 Å². The summed E-state index contributed by atoms with van der Waals surface area (Å²) in [5.74, 6) is 0.0861. The van der Waals surface area contributed by atoms with E-state index in [1.807, 2.05) is 30.3 Å². The number of amides is 1. The number of carbonyl (C=O) groups excluding carboxylic acids is 1. The number of rotatable bonds is 7. The van der Waals surface area contributed by atoms with Gasteiger partial charge in [0, 0.05) is 12.1 Å². The minimum absolute atomic E-state index is 0.108. The highest BCUT2D eigenvalue weighted by atomic mass is 16.5. The average molecular weight is 350 g/mol. The summed E-state index contributed by atoms with van der Waals surface area (Å²) in [4.78, 5) is 11.5. The number of nitrogens with one attached hydrogen (secondary N) is 2. The molecular formula is C21H22N2O3. The van der Waals surface area contributed by atoms with E-state index in [1.54, 1.807) is 11.6 Å². The van der Waals surface area contributed by atoms with Crippen molar-refractivity contribution < 1.29 is 14.7 Å². The molecule has 0 saturated carbocycles. The van der Waals surface area contributed by atoms with Crippen LogP contribution in [0.4, 0.5) is 0 Å². The molecule has 2 aromatic carbocycles. The predicted octanol–water partition coefficient (Wildman–Crippen LogP) is 3.17. The van der Waals surface area contributed by atoms with Crippen molar-refractivity contribution in [3.63, 3.8) is 0 Å². The summed E-state index contributed by atoms with van der Waals surface area (Å²) < 4.78 is 5.59. The molecule has 1 amide bonds. The highest BCUT2D eigenvalue weighted by Gasteiger charge is 2.16. The number of hydroxylamine groups is 1. The fraction of sp³-hybridized carbons (Fsp3) is 0.190. The molecule has 0 bridgehead atoms. The van der Waals surface area contributed by atoms with E-state index in [-0.39, 0.29) is 5.76 Å². The lowest BCUT2D eigenvalue weighted by molar-refractivity contribution is -0.127. The monoisotopic (exact) mass is 350 g/mol. The zero-order chi connectivity index (χ0) is 18.2. The van der Waals surface area contributed by atoms with Crippen LogP contribution in [0.5, 0.6) is 0 Å². The van der Waals surface area contributed by atoms with Crippen molar-refractivity contribution in [2.75, 3.05) is 6.54 Å². The van der Waals surface area contributed by atoms with Gasteiger partial charge in [-0.25, -0.2) is 5.48 Å². The third-order valence-corrected chi connectivity index (χ3v) is 4.13. The molecule has 1 aliphatic rings. The minimum atomic E-state index is -0.644. The van der Waals surface area contributed by atoms with Gasteiger partial charge >= 0.3 is 5.91 Å². The Hall–Kier alpha value is -2.89. The minimum Gasteiger partial charge on any atom is -0.452 e. The molecule has 0 radical (unpaired) electrons. The molecule has 3 N–H and O–H groups in total. The molecule has 1 aliphatic heterocycles. The van der Waals surface area contributed by atoms with E-state index in [9.17, 15) is 4.79 Å². The van der Waals surface area contributed by atoms with Crippen LogP contribution in [-0.4, -0.2) is 17.7 Å². The number of hydrogen-bond acceptors (Lipinski definition) is 4. The van der Waals surface area contributed by atoms with E-state index < -0.39 is 5.91 Å². The van der Waals surface area contributed by atoms with Gasteiger partial charge < -0.3 is 10.1 Å². The van der Waals surface area contributed by atoms with Gasteiger partial charge in [0.25, 0.3) is 0 Å². The van der Waals surface area contributed by atoms with Gasteiger partial charge in [0.2, 0.25) is 0 Å². The van der Waals surface area contributed by atoms with Crippen molar-refractivity contribution in [3.05, 3.63) is 89.2 Å². The van der Waals surface area contributed by atoms with Crippen LogP contribution in [0.2, 0.25) is 0 Å². The standard InChI is InChI=1S/C21H22N2O3/c24-21(23-25)20-11-5-10-19(26-20)18-9-4-8-17(14-18)15-22-13-12-16-6-2-1-3-7-16/h1-4,6-11,14,22,25H,5,12-13,15H2,(H,23,24). The summed E-state index contributed by atoms with van der Waals surface area (Å²) in [5, 5.41) is 12.2. The van der Waals surface area contributed by atoms with Crippen LogP contribution in [0.3, 0.4) is 0 Å². The third kappa shape index (κ3) is 4.81. The van der Waals surface area contributed by atoms with Crippen molar-refractivity contribution in [2.24, 2.45) is 0 Å². The van der Waals surface area contributed by atoms with E-state index in [2.05, 4.69) is 35.6 Å². The third-order valence-electron chi connectivity index (χ3n) is 4.13. The molecule has 1 heterocycles. The first kappa shape index (κ1) is 17.9. The Balaban J connectivity index is 1.55. The predicted molar refractivity (Wildman–Crippen MR) is 100.0 cm³/mol. The van der Waals surface area contributed by atoms with Crippen molar-refractivity contribution in [3.8, 4) is 0 Å². The van der Waals surface area contributed by atoms with Crippen LogP contribution >= 0.6 is 0 Å². The van der Waals surface area contributed by atoms with E-state index >= 15 is 0 Å². The zero-order valence-electron chi connectivity index (χ0n) is 14.4. The van der Waals surface area contributed by atoms with Gasteiger partial charge in [-0.2, -0.15) is 0 Å². The van der Waals surface area contributed by atoms with E-state index in [0.29, 0.717) is 12.2 Å². The lowest BCUT2D eigenvalue weighted by atomic mass is 10.1. The van der Waals surface area contributed by atoms with Gasteiger partial charge in [0.05, 0.1) is 0 Å². The van der Waals surface area contributed by atoms with Crippen LogP contribution in [0.25, 0.3) is 5.76 Å². The lowest BCUT2D eigenvalue weighted by Crippen LogP contribution is -2.23. The largest absolute Gasteiger partial charge is 0.452 e. The van der Waals surface area contributed by atoms with Gasteiger partial charge in [0.1, 0.15) is 5.76 Å². The molecule has 3 rings (SSSR count). The Morgan fingerprint density at radius 2 is 1.85 bits per heavy atom. The van der Waals surface area contributed by atoms with E-state index in [1.165, 1.54) is 5.56 Å². The van der Waals surface area contributed by atoms with Crippen LogP contribution < -0.4 is 10.8 Å². The van der Waals surface area contributed by atoms with Gasteiger partial charge in [-0.15, -0.1) is 0 Å². The Kier molecular flexibility index (Phi) is 6.19. The molecule has 2 aromatic rings. The topological polar surface area (TPSA) is 70.6 Å². The van der Waals surface area contributed by atoms with Gasteiger partial charge in [-0.3, -0.25) is 10.0 Å².